The zero-order valence-corrected chi connectivity index (χ0v) is 8.91. The molecule has 2 heterocycles. The van der Waals surface area contributed by atoms with Gasteiger partial charge in [0.15, 0.2) is 5.82 Å². The van der Waals surface area contributed by atoms with Crippen molar-refractivity contribution >= 4 is 0 Å². The third kappa shape index (κ3) is 2.20. The maximum atomic E-state index is 5.29. The maximum Gasteiger partial charge on any atom is 0.226 e. The van der Waals surface area contributed by atoms with Crippen LogP contribution in [0.2, 0.25) is 0 Å². The molecule has 3 rings (SSSR count). The van der Waals surface area contributed by atoms with Crippen molar-refractivity contribution in [1.29, 1.82) is 0 Å². The highest BCUT2D eigenvalue weighted by atomic mass is 16.5. The van der Waals surface area contributed by atoms with Gasteiger partial charge in [0.2, 0.25) is 5.89 Å². The minimum absolute atomic E-state index is 0.607. The molecule has 1 aliphatic carbocycles. The van der Waals surface area contributed by atoms with Crippen LogP contribution < -0.4 is 5.32 Å². The summed E-state index contributed by atoms with van der Waals surface area (Å²) in [6.45, 7) is 2.27. The Morgan fingerprint density at radius 2 is 2.00 bits per heavy atom. The van der Waals surface area contributed by atoms with E-state index >= 15 is 0 Å². The van der Waals surface area contributed by atoms with Crippen LogP contribution in [-0.4, -0.2) is 23.2 Å². The van der Waals surface area contributed by atoms with Crippen LogP contribution in [0.1, 0.15) is 43.3 Å². The minimum atomic E-state index is 0.607. The average molecular weight is 207 g/mol. The van der Waals surface area contributed by atoms with Crippen LogP contribution in [-0.2, 0) is 6.42 Å². The first-order valence-electron chi connectivity index (χ1n) is 5.95. The maximum absolute atomic E-state index is 5.29. The second kappa shape index (κ2) is 3.93. The van der Waals surface area contributed by atoms with Crippen LogP contribution in [0.5, 0.6) is 0 Å². The van der Waals surface area contributed by atoms with E-state index in [2.05, 4.69) is 15.5 Å². The van der Waals surface area contributed by atoms with Gasteiger partial charge in [-0.05, 0) is 44.7 Å². The summed E-state index contributed by atoms with van der Waals surface area (Å²) in [6.07, 6.45) is 5.93. The van der Waals surface area contributed by atoms with Gasteiger partial charge in [-0.1, -0.05) is 5.16 Å². The van der Waals surface area contributed by atoms with Crippen LogP contribution in [0.4, 0.5) is 0 Å². The highest BCUT2D eigenvalue weighted by Crippen LogP contribution is 2.38. The zero-order chi connectivity index (χ0) is 10.1. The topological polar surface area (TPSA) is 51.0 Å². The molecular weight excluding hydrogens is 190 g/mol. The molecule has 1 N–H and O–H groups in total. The average Bonchev–Trinajstić information content (AvgIpc) is 3.02. The Balaban J connectivity index is 1.60. The van der Waals surface area contributed by atoms with E-state index in [0.29, 0.717) is 5.92 Å². The van der Waals surface area contributed by atoms with E-state index in [1.165, 1.54) is 25.7 Å². The number of nitrogens with one attached hydrogen (secondary N) is 1. The van der Waals surface area contributed by atoms with Gasteiger partial charge >= 0.3 is 0 Å². The molecule has 15 heavy (non-hydrogen) atoms. The van der Waals surface area contributed by atoms with Crippen molar-refractivity contribution in [2.24, 2.45) is 5.92 Å². The summed E-state index contributed by atoms with van der Waals surface area (Å²) in [7, 11) is 0. The number of nitrogens with zero attached hydrogens (tertiary/aromatic N) is 2. The molecule has 0 bridgehead atoms. The van der Waals surface area contributed by atoms with Crippen LogP contribution >= 0.6 is 0 Å². The number of piperidine rings is 1. The molecule has 1 saturated carbocycles. The molecule has 1 aliphatic heterocycles. The molecule has 0 aromatic carbocycles. The van der Waals surface area contributed by atoms with E-state index < -0.39 is 0 Å². The molecule has 4 heteroatoms. The van der Waals surface area contributed by atoms with Gasteiger partial charge in [0.25, 0.3) is 0 Å². The predicted molar refractivity (Wildman–Crippen MR) is 55.6 cm³/mol. The quantitative estimate of drug-likeness (QED) is 0.815. The van der Waals surface area contributed by atoms with Gasteiger partial charge < -0.3 is 9.84 Å². The van der Waals surface area contributed by atoms with E-state index in [1.54, 1.807) is 0 Å². The van der Waals surface area contributed by atoms with E-state index in [4.69, 9.17) is 4.52 Å². The van der Waals surface area contributed by atoms with Crippen molar-refractivity contribution < 1.29 is 4.52 Å². The third-order valence-electron chi connectivity index (χ3n) is 3.35. The summed E-state index contributed by atoms with van der Waals surface area (Å²) < 4.78 is 5.29. The Bertz CT molecular complexity index is 326. The van der Waals surface area contributed by atoms with Crippen molar-refractivity contribution in [2.45, 2.75) is 38.0 Å². The number of hydrogen-bond donors (Lipinski definition) is 1. The Morgan fingerprint density at radius 1 is 1.20 bits per heavy atom. The lowest BCUT2D eigenvalue weighted by Gasteiger charge is -2.20. The summed E-state index contributed by atoms with van der Waals surface area (Å²) in [5, 5.41) is 7.41. The van der Waals surface area contributed by atoms with Crippen LogP contribution in [0.3, 0.4) is 0 Å². The lowest BCUT2D eigenvalue weighted by atomic mass is 9.95. The van der Waals surface area contributed by atoms with E-state index in [9.17, 15) is 0 Å². The fraction of sp³-hybridized carbons (Fsp3) is 0.818. The van der Waals surface area contributed by atoms with Crippen LogP contribution in [0.15, 0.2) is 4.52 Å². The monoisotopic (exact) mass is 207 g/mol. The Kier molecular flexibility index (Phi) is 2.44. The normalized spacial score (nSPS) is 23.2. The molecular formula is C11H17N3O. The first kappa shape index (κ1) is 9.33. The highest BCUT2D eigenvalue weighted by Gasteiger charge is 2.29. The van der Waals surface area contributed by atoms with Crippen LogP contribution in [0, 0.1) is 5.92 Å². The summed E-state index contributed by atoms with van der Waals surface area (Å²) >= 11 is 0. The van der Waals surface area contributed by atoms with E-state index in [1.807, 2.05) is 0 Å². The van der Waals surface area contributed by atoms with Gasteiger partial charge in [-0.3, -0.25) is 0 Å². The number of rotatable bonds is 3. The Labute approximate surface area is 89.4 Å². The minimum Gasteiger partial charge on any atom is -0.339 e. The molecule has 1 saturated heterocycles. The molecule has 0 unspecified atom stereocenters. The zero-order valence-electron chi connectivity index (χ0n) is 8.91. The van der Waals surface area contributed by atoms with Crippen molar-refractivity contribution in [3.8, 4) is 0 Å². The first-order chi connectivity index (χ1) is 7.42. The van der Waals surface area contributed by atoms with E-state index in [-0.39, 0.29) is 0 Å². The Morgan fingerprint density at radius 3 is 2.73 bits per heavy atom. The largest absolute Gasteiger partial charge is 0.339 e. The second-order valence-electron chi connectivity index (χ2n) is 4.72. The molecule has 82 valence electrons. The van der Waals surface area contributed by atoms with E-state index in [0.717, 1.165) is 37.1 Å². The molecule has 0 spiro atoms. The highest BCUT2D eigenvalue weighted by molar-refractivity contribution is 5.03. The van der Waals surface area contributed by atoms with Gasteiger partial charge in [-0.2, -0.15) is 4.98 Å². The smallest absolute Gasteiger partial charge is 0.226 e. The van der Waals surface area contributed by atoms with Gasteiger partial charge in [0.05, 0.1) is 0 Å². The van der Waals surface area contributed by atoms with Crippen LogP contribution in [0.25, 0.3) is 0 Å². The van der Waals surface area contributed by atoms with Crippen molar-refractivity contribution in [3.63, 3.8) is 0 Å². The lowest BCUT2D eigenvalue weighted by molar-refractivity contribution is 0.312. The SMILES string of the molecule is C1CC(Cc2nc(C3CC3)no2)CCN1. The van der Waals surface area contributed by atoms with Gasteiger partial charge in [-0.15, -0.1) is 0 Å². The van der Waals surface area contributed by atoms with Gasteiger partial charge in [-0.25, -0.2) is 0 Å². The van der Waals surface area contributed by atoms with Crippen molar-refractivity contribution in [3.05, 3.63) is 11.7 Å². The molecule has 1 aromatic rings. The molecule has 4 nitrogen and oxygen atoms in total. The number of aromatic nitrogens is 2. The van der Waals surface area contributed by atoms with Crippen molar-refractivity contribution in [2.75, 3.05) is 13.1 Å². The lowest BCUT2D eigenvalue weighted by Crippen LogP contribution is -2.28. The van der Waals surface area contributed by atoms with Gasteiger partial charge in [0.1, 0.15) is 0 Å². The van der Waals surface area contributed by atoms with Gasteiger partial charge in [0, 0.05) is 12.3 Å². The molecule has 0 radical (unpaired) electrons. The summed E-state index contributed by atoms with van der Waals surface area (Å²) in [5.74, 6) is 3.14. The standard InChI is InChI=1S/C11H17N3O/c1-2-9(1)11-13-10(15-14-11)7-8-3-5-12-6-4-8/h8-9,12H,1-7H2. The third-order valence-corrected chi connectivity index (χ3v) is 3.35. The molecule has 0 atom stereocenters. The van der Waals surface area contributed by atoms with Crippen molar-refractivity contribution in [1.82, 2.24) is 15.5 Å². The molecule has 1 aromatic heterocycles. The number of hydrogen-bond acceptors (Lipinski definition) is 4. The first-order valence-corrected chi connectivity index (χ1v) is 5.95. The Hall–Kier alpha value is -0.900. The fourth-order valence-corrected chi connectivity index (χ4v) is 2.19. The summed E-state index contributed by atoms with van der Waals surface area (Å²) in [5.41, 5.74) is 0. The molecule has 0 amide bonds. The second-order valence-corrected chi connectivity index (χ2v) is 4.72. The summed E-state index contributed by atoms with van der Waals surface area (Å²) in [6, 6.07) is 0. The summed E-state index contributed by atoms with van der Waals surface area (Å²) in [4.78, 5) is 4.47. The molecule has 2 aliphatic rings. The molecule has 2 fully saturated rings. The fourth-order valence-electron chi connectivity index (χ4n) is 2.19. The predicted octanol–water partition coefficient (Wildman–Crippen LogP) is 1.49.